The number of benzene rings is 4. The number of nitrogens with zero attached hydrogens (tertiary/aromatic N) is 1. The number of methoxy groups -OCH3 is 1. The van der Waals surface area contributed by atoms with Gasteiger partial charge in [0.15, 0.2) is 23.0 Å². The van der Waals surface area contributed by atoms with Crippen molar-refractivity contribution in [2.75, 3.05) is 20.3 Å². The molecule has 45 heavy (non-hydrogen) atoms. The van der Waals surface area contributed by atoms with Crippen LogP contribution in [0.1, 0.15) is 40.3 Å². The first-order valence-corrected chi connectivity index (χ1v) is 15.5. The summed E-state index contributed by atoms with van der Waals surface area (Å²) in [6.45, 7) is 4.60. The van der Waals surface area contributed by atoms with Gasteiger partial charge < -0.3 is 23.9 Å². The van der Waals surface area contributed by atoms with Gasteiger partial charge in [0.2, 0.25) is 0 Å². The molecular weight excluding hydrogens is 709 g/mol. The van der Waals surface area contributed by atoms with Crippen LogP contribution in [0.3, 0.4) is 0 Å². The average molecular weight is 738 g/mol. The Bertz CT molecular complexity index is 1900. The summed E-state index contributed by atoms with van der Waals surface area (Å²) in [4.78, 5) is 29.6. The fourth-order valence-corrected chi connectivity index (χ4v) is 5.57. The summed E-state index contributed by atoms with van der Waals surface area (Å²) < 4.78 is 23.2. The number of aromatic nitrogens is 1. The van der Waals surface area contributed by atoms with E-state index in [4.69, 9.17) is 30.5 Å². The summed E-state index contributed by atoms with van der Waals surface area (Å²) in [5.74, 6) is 0.494. The van der Waals surface area contributed by atoms with E-state index < -0.39 is 11.9 Å². The van der Waals surface area contributed by atoms with E-state index in [-0.39, 0.29) is 5.75 Å². The Kier molecular flexibility index (Phi) is 10.3. The molecule has 0 bridgehead atoms. The molecule has 0 aliphatic heterocycles. The van der Waals surface area contributed by atoms with E-state index in [1.54, 1.807) is 42.5 Å². The van der Waals surface area contributed by atoms with Gasteiger partial charge in [-0.2, -0.15) is 5.10 Å². The number of nitrogens with one attached hydrogen (secondary N) is 2. The van der Waals surface area contributed by atoms with Crippen molar-refractivity contribution in [2.24, 2.45) is 5.10 Å². The predicted octanol–water partition coefficient (Wildman–Crippen LogP) is 7.88. The van der Waals surface area contributed by atoms with E-state index in [1.807, 2.05) is 50.2 Å². The van der Waals surface area contributed by atoms with Crippen LogP contribution in [0.5, 0.6) is 23.0 Å². The van der Waals surface area contributed by atoms with Gasteiger partial charge in [-0.3, -0.25) is 4.79 Å². The quantitative estimate of drug-likeness (QED) is 0.0469. The number of aromatic amines is 1. The van der Waals surface area contributed by atoms with Crippen molar-refractivity contribution in [3.63, 3.8) is 0 Å². The van der Waals surface area contributed by atoms with Crippen LogP contribution in [0, 0.1) is 3.57 Å². The van der Waals surface area contributed by atoms with Crippen molar-refractivity contribution >= 4 is 63.2 Å². The number of H-pyrrole nitrogens is 1. The standard InChI is InChI=1S/C34H29ClIN3O6/c1-4-43-26-16-14-21(18-29(26)44-5-2)34(41)45-27-15-13-20(17-28(27)42-3)19-37-39-33(40)32-30(22-9-6-7-11-24(22)35)23-10-8-12-25(36)31(23)38-32/h6-19,38H,4-5H2,1-3H3,(H,39,40). The number of carbonyl (C=O) groups excluding carboxylic acids is 2. The smallest absolute Gasteiger partial charge is 0.343 e. The Morgan fingerprint density at radius 1 is 0.911 bits per heavy atom. The monoisotopic (exact) mass is 737 g/mol. The van der Waals surface area contributed by atoms with E-state index in [9.17, 15) is 9.59 Å². The molecule has 0 saturated heterocycles. The van der Waals surface area contributed by atoms with Gasteiger partial charge in [-0.1, -0.05) is 41.9 Å². The third-order valence-electron chi connectivity index (χ3n) is 6.70. The van der Waals surface area contributed by atoms with Crippen LogP contribution < -0.4 is 24.4 Å². The van der Waals surface area contributed by atoms with E-state index >= 15 is 0 Å². The highest BCUT2D eigenvalue weighted by molar-refractivity contribution is 14.1. The molecule has 0 unspecified atom stereocenters. The Balaban J connectivity index is 1.34. The lowest BCUT2D eigenvalue weighted by Crippen LogP contribution is -2.19. The third-order valence-corrected chi connectivity index (χ3v) is 7.93. The second-order valence-electron chi connectivity index (χ2n) is 9.54. The molecule has 11 heteroatoms. The van der Waals surface area contributed by atoms with Gasteiger partial charge in [0.05, 0.1) is 37.6 Å². The van der Waals surface area contributed by atoms with Crippen molar-refractivity contribution in [2.45, 2.75) is 13.8 Å². The first-order chi connectivity index (χ1) is 21.8. The summed E-state index contributed by atoms with van der Waals surface area (Å²) in [5, 5.41) is 5.56. The molecule has 0 atom stereocenters. The Morgan fingerprint density at radius 3 is 2.42 bits per heavy atom. The number of amides is 1. The molecule has 0 fully saturated rings. The van der Waals surface area contributed by atoms with Crippen LogP contribution in [0.15, 0.2) is 84.0 Å². The first-order valence-electron chi connectivity index (χ1n) is 14.0. The molecule has 0 spiro atoms. The molecule has 0 saturated carbocycles. The van der Waals surface area contributed by atoms with E-state index in [1.165, 1.54) is 13.3 Å². The van der Waals surface area contributed by atoms with Gasteiger partial charge in [0.25, 0.3) is 5.91 Å². The van der Waals surface area contributed by atoms with E-state index in [0.717, 1.165) is 20.0 Å². The van der Waals surface area contributed by atoms with Gasteiger partial charge in [0, 0.05) is 25.1 Å². The summed E-state index contributed by atoms with van der Waals surface area (Å²) >= 11 is 8.76. The van der Waals surface area contributed by atoms with Crippen LogP contribution >= 0.6 is 34.2 Å². The second-order valence-corrected chi connectivity index (χ2v) is 11.1. The molecule has 1 heterocycles. The van der Waals surface area contributed by atoms with Gasteiger partial charge in [0.1, 0.15) is 5.69 Å². The number of carbonyl (C=O) groups is 2. The number of ether oxygens (including phenoxy) is 4. The highest BCUT2D eigenvalue weighted by Crippen LogP contribution is 2.38. The van der Waals surface area contributed by atoms with Crippen LogP contribution in [0.25, 0.3) is 22.0 Å². The summed E-state index contributed by atoms with van der Waals surface area (Å²) in [5.41, 5.74) is 6.08. The van der Waals surface area contributed by atoms with Gasteiger partial charge in [-0.25, -0.2) is 10.2 Å². The van der Waals surface area contributed by atoms with Gasteiger partial charge >= 0.3 is 5.97 Å². The van der Waals surface area contributed by atoms with E-state index in [2.05, 4.69) is 38.1 Å². The minimum Gasteiger partial charge on any atom is -0.493 e. The molecule has 0 aliphatic carbocycles. The maximum absolute atomic E-state index is 13.4. The Hall–Kier alpha value is -4.55. The van der Waals surface area contributed by atoms with Gasteiger partial charge in [-0.05, 0) is 90.5 Å². The average Bonchev–Trinajstić information content (AvgIpc) is 3.44. The number of rotatable bonds is 11. The minimum absolute atomic E-state index is 0.215. The molecule has 0 aliphatic rings. The van der Waals surface area contributed by atoms with Crippen LogP contribution in [0.4, 0.5) is 0 Å². The minimum atomic E-state index is -0.590. The zero-order valence-corrected chi connectivity index (χ0v) is 27.6. The predicted molar refractivity (Wildman–Crippen MR) is 183 cm³/mol. The summed E-state index contributed by atoms with van der Waals surface area (Å²) in [6.07, 6.45) is 1.47. The molecule has 1 aromatic heterocycles. The van der Waals surface area contributed by atoms with Crippen molar-refractivity contribution in [3.8, 4) is 34.1 Å². The molecule has 1 amide bonds. The lowest BCUT2D eigenvalue weighted by atomic mass is 10.0. The number of fused-ring (bicyclic) bond motifs is 1. The Morgan fingerprint density at radius 2 is 1.67 bits per heavy atom. The number of para-hydroxylation sites is 1. The number of hydrazone groups is 1. The normalized spacial score (nSPS) is 11.0. The molecule has 0 radical (unpaired) electrons. The summed E-state index contributed by atoms with van der Waals surface area (Å²) in [7, 11) is 1.47. The topological polar surface area (TPSA) is 111 Å². The summed E-state index contributed by atoms with van der Waals surface area (Å²) in [6, 6.07) is 23.0. The SMILES string of the molecule is CCOc1ccc(C(=O)Oc2ccc(C=NNC(=O)c3[nH]c4c(I)cccc4c3-c3ccccc3Cl)cc2OC)cc1OCC. The maximum Gasteiger partial charge on any atom is 0.343 e. The highest BCUT2D eigenvalue weighted by atomic mass is 127. The lowest BCUT2D eigenvalue weighted by Gasteiger charge is -2.13. The van der Waals surface area contributed by atoms with Crippen LogP contribution in [-0.4, -0.2) is 43.4 Å². The van der Waals surface area contributed by atoms with Crippen molar-refractivity contribution < 1.29 is 28.5 Å². The van der Waals surface area contributed by atoms with Crippen molar-refractivity contribution in [1.82, 2.24) is 10.4 Å². The van der Waals surface area contributed by atoms with E-state index in [0.29, 0.717) is 57.9 Å². The molecule has 4 aromatic carbocycles. The zero-order valence-electron chi connectivity index (χ0n) is 24.6. The molecular formula is C34H29ClIN3O6. The highest BCUT2D eigenvalue weighted by Gasteiger charge is 2.22. The fourth-order valence-electron chi connectivity index (χ4n) is 4.70. The number of halogens is 2. The largest absolute Gasteiger partial charge is 0.493 e. The third kappa shape index (κ3) is 7.07. The second kappa shape index (κ2) is 14.5. The van der Waals surface area contributed by atoms with Crippen LogP contribution in [0.2, 0.25) is 5.02 Å². The zero-order chi connectivity index (χ0) is 31.9. The van der Waals surface area contributed by atoms with Crippen molar-refractivity contribution in [1.29, 1.82) is 0 Å². The van der Waals surface area contributed by atoms with Crippen LogP contribution in [-0.2, 0) is 0 Å². The molecule has 5 aromatic rings. The number of hydrogen-bond donors (Lipinski definition) is 2. The van der Waals surface area contributed by atoms with Gasteiger partial charge in [-0.15, -0.1) is 0 Å². The molecule has 5 rings (SSSR count). The number of hydrogen-bond acceptors (Lipinski definition) is 7. The fraction of sp³-hybridized carbons (Fsp3) is 0.147. The van der Waals surface area contributed by atoms with Crippen molar-refractivity contribution in [3.05, 3.63) is 104 Å². The number of esters is 1. The maximum atomic E-state index is 13.4. The molecule has 9 nitrogen and oxygen atoms in total. The Labute approximate surface area is 278 Å². The lowest BCUT2D eigenvalue weighted by molar-refractivity contribution is 0.0728. The molecule has 2 N–H and O–H groups in total. The first kappa shape index (κ1) is 31.9. The molecule has 230 valence electrons.